The van der Waals surface area contributed by atoms with E-state index in [-0.39, 0.29) is 47.8 Å². The lowest BCUT2D eigenvalue weighted by Crippen LogP contribution is -2.48. The first kappa shape index (κ1) is 44.4. The molecule has 2 aliphatic rings. The van der Waals surface area contributed by atoms with Crippen molar-refractivity contribution in [3.05, 3.63) is 87.7 Å². The van der Waals surface area contributed by atoms with Gasteiger partial charge in [-0.3, -0.25) is 29.4 Å². The molecule has 0 bridgehead atoms. The lowest BCUT2D eigenvalue weighted by atomic mass is 9.81. The van der Waals surface area contributed by atoms with Gasteiger partial charge in [0.2, 0.25) is 11.8 Å². The smallest absolute Gasteiger partial charge is 0.410 e. The van der Waals surface area contributed by atoms with Crippen LogP contribution in [0, 0.1) is 18.8 Å². The maximum atomic E-state index is 13.9. The third-order valence-electron chi connectivity index (χ3n) is 11.0. The molecule has 0 unspecified atom stereocenters. The Morgan fingerprint density at radius 1 is 0.836 bits per heavy atom. The number of fused-ring (bicyclic) bond motifs is 1. The first-order chi connectivity index (χ1) is 28.8. The second-order valence-electron chi connectivity index (χ2n) is 18.3. The number of nitrogens with one attached hydrogen (secondary N) is 6. The Bertz CT molecular complexity index is 2290. The predicted octanol–water partition coefficient (Wildman–Crippen LogP) is 6.57. The van der Waals surface area contributed by atoms with E-state index in [1.54, 1.807) is 29.2 Å². The third kappa shape index (κ3) is 12.2. The minimum Gasteiger partial charge on any atom is -0.444 e. The molecule has 1 aliphatic carbocycles. The zero-order valence-corrected chi connectivity index (χ0v) is 36.2. The number of anilines is 1. The number of carbonyl (C=O) groups excluding carboxylic acids is 5. The summed E-state index contributed by atoms with van der Waals surface area (Å²) >= 11 is 0. The molecule has 1 aromatic heterocycles. The van der Waals surface area contributed by atoms with Crippen molar-refractivity contribution >= 4 is 46.5 Å². The van der Waals surface area contributed by atoms with E-state index in [9.17, 15) is 28.8 Å². The number of hydrogen-bond donors (Lipinski definition) is 6. The third-order valence-corrected chi connectivity index (χ3v) is 11.0. The van der Waals surface area contributed by atoms with Crippen molar-refractivity contribution in [1.29, 1.82) is 0 Å². The largest absolute Gasteiger partial charge is 0.444 e. The fraction of sp³-hybridized carbons (Fsp3) is 0.478. The Hall–Kier alpha value is -6.12. The highest BCUT2D eigenvalue weighted by molar-refractivity contribution is 5.99. The zero-order chi connectivity index (χ0) is 44.1. The summed E-state index contributed by atoms with van der Waals surface area (Å²) < 4.78 is 10.8. The Labute approximate surface area is 356 Å². The second kappa shape index (κ2) is 18.7. The number of carbonyl (C=O) groups is 5. The molecule has 61 heavy (non-hydrogen) atoms. The fourth-order valence-electron chi connectivity index (χ4n) is 7.84. The van der Waals surface area contributed by atoms with Gasteiger partial charge in [-0.2, -0.15) is 0 Å². The number of aromatic amines is 2. The van der Waals surface area contributed by atoms with Gasteiger partial charge < -0.3 is 35.6 Å². The van der Waals surface area contributed by atoms with Crippen LogP contribution in [-0.2, 0) is 25.5 Å². The van der Waals surface area contributed by atoms with Crippen LogP contribution in [0.4, 0.5) is 15.3 Å². The summed E-state index contributed by atoms with van der Waals surface area (Å²) in [5.41, 5.74) is 3.70. The first-order valence-corrected chi connectivity index (χ1v) is 21.1. The Morgan fingerprint density at radius 2 is 1.54 bits per heavy atom. The molecule has 2 heterocycles. The van der Waals surface area contributed by atoms with Crippen molar-refractivity contribution in [2.24, 2.45) is 11.8 Å². The molecule has 2 atom stereocenters. The molecular weight excluding hydrogens is 779 g/mol. The maximum Gasteiger partial charge on any atom is 0.410 e. The van der Waals surface area contributed by atoms with Gasteiger partial charge in [-0.05, 0) is 139 Å². The van der Waals surface area contributed by atoms with Gasteiger partial charge in [-0.25, -0.2) is 9.59 Å². The number of amides is 5. The minimum atomic E-state index is -0.901. The van der Waals surface area contributed by atoms with Gasteiger partial charge >= 0.3 is 12.2 Å². The van der Waals surface area contributed by atoms with Crippen LogP contribution in [0.25, 0.3) is 22.0 Å². The molecule has 1 saturated carbocycles. The molecule has 4 aromatic rings. The van der Waals surface area contributed by atoms with Crippen molar-refractivity contribution in [2.45, 2.75) is 110 Å². The van der Waals surface area contributed by atoms with Crippen LogP contribution >= 0.6 is 0 Å². The number of H-pyrrole nitrogens is 2. The summed E-state index contributed by atoms with van der Waals surface area (Å²) in [7, 11) is 0. The molecule has 6 rings (SSSR count). The van der Waals surface area contributed by atoms with Crippen LogP contribution in [-0.4, -0.2) is 87.9 Å². The average Bonchev–Trinajstić information content (AvgIpc) is 3.82. The number of benzene rings is 3. The lowest BCUT2D eigenvalue weighted by molar-refractivity contribution is -0.130. The van der Waals surface area contributed by atoms with E-state index in [0.29, 0.717) is 61.1 Å². The normalized spacial score (nSPS) is 18.5. The Kier molecular flexibility index (Phi) is 13.6. The molecule has 2 fully saturated rings. The first-order valence-electron chi connectivity index (χ1n) is 21.1. The lowest BCUT2D eigenvalue weighted by Gasteiger charge is -2.29. The molecule has 3 aromatic carbocycles. The van der Waals surface area contributed by atoms with E-state index >= 15 is 0 Å². The van der Waals surface area contributed by atoms with E-state index in [1.807, 2.05) is 84.9 Å². The summed E-state index contributed by atoms with van der Waals surface area (Å²) in [5, 5.41) is 17.7. The number of alkyl carbamates (subject to hydrolysis) is 1. The van der Waals surface area contributed by atoms with Gasteiger partial charge in [-0.15, -0.1) is 0 Å². The highest BCUT2D eigenvalue weighted by Gasteiger charge is 2.32. The number of aromatic nitrogens is 2. The van der Waals surface area contributed by atoms with E-state index < -0.39 is 29.2 Å². The fourth-order valence-corrected chi connectivity index (χ4v) is 7.84. The van der Waals surface area contributed by atoms with Crippen LogP contribution in [0.15, 0.2) is 65.5 Å². The van der Waals surface area contributed by atoms with E-state index in [2.05, 4.69) is 31.5 Å². The number of nitrogens with zero attached hydrogens (tertiary/aromatic N) is 1. The molecule has 6 N–H and O–H groups in total. The van der Waals surface area contributed by atoms with Gasteiger partial charge in [0.25, 0.3) is 11.5 Å². The molecule has 326 valence electrons. The van der Waals surface area contributed by atoms with Gasteiger partial charge in [0.05, 0.1) is 10.9 Å². The second-order valence-corrected chi connectivity index (χ2v) is 18.3. The highest BCUT2D eigenvalue weighted by Crippen LogP contribution is 2.30. The number of hydrogen-bond acceptors (Lipinski definition) is 8. The monoisotopic (exact) mass is 837 g/mol. The SMILES string of the molecule is Cc1cc(C(=O)N[C@H]2CCN(C(=O)OC(C)(C)C)C2)ccc1-c1ccc(C[C@H](NC(=O)C2CCC(CNC(=O)OC(C)(C)C)CC2)C(=O)Nc2ccc3c(=O)[nH][nH]c3c2)cc1. The van der Waals surface area contributed by atoms with E-state index in [1.165, 1.54) is 0 Å². The van der Waals surface area contributed by atoms with Crippen molar-refractivity contribution in [3.8, 4) is 11.1 Å². The standard InChI is InChI=1S/C46H59N7O8/c1-27-22-32(40(55)49-34-20-21-53(26-34)44(59)61-46(5,6)7)16-18-35(27)30-12-8-28(9-13-30)23-38(42(57)48-33-17-19-36-37(24-33)51-52-41(36)56)50-39(54)31-14-10-29(11-15-31)25-47-43(58)60-45(2,3)4/h8-9,12-13,16-19,22,24,29,31,34,38H,10-11,14-15,20-21,23,25-26H2,1-7H3,(H,47,58)(H,48,57)(H,49,55)(H,50,54)(H2,51,52,56)/t29?,31?,34-,38-/m0/s1. The Morgan fingerprint density at radius 3 is 2.21 bits per heavy atom. The number of aryl methyl sites for hydroxylation is 1. The zero-order valence-electron chi connectivity index (χ0n) is 36.2. The van der Waals surface area contributed by atoms with Gasteiger partial charge in [-0.1, -0.05) is 30.3 Å². The molecule has 15 heteroatoms. The highest BCUT2D eigenvalue weighted by atomic mass is 16.6. The number of likely N-dealkylation sites (tertiary alicyclic amines) is 1. The summed E-state index contributed by atoms with van der Waals surface area (Å²) in [4.78, 5) is 79.2. The Balaban J connectivity index is 1.09. The van der Waals surface area contributed by atoms with Gasteiger partial charge in [0, 0.05) is 49.3 Å². The van der Waals surface area contributed by atoms with Gasteiger partial charge in [0.15, 0.2) is 0 Å². The van der Waals surface area contributed by atoms with Crippen molar-refractivity contribution in [3.63, 3.8) is 0 Å². The predicted molar refractivity (Wildman–Crippen MR) is 233 cm³/mol. The number of rotatable bonds is 11. The molecule has 0 radical (unpaired) electrons. The summed E-state index contributed by atoms with van der Waals surface area (Å²) in [6.07, 6.45) is 2.78. The van der Waals surface area contributed by atoms with E-state index in [0.717, 1.165) is 35.1 Å². The molecular formula is C46H59N7O8. The quantitative estimate of drug-likeness (QED) is 0.0973. The summed E-state index contributed by atoms with van der Waals surface area (Å²) in [6.45, 7) is 14.2. The van der Waals surface area contributed by atoms with Crippen molar-refractivity contribution in [1.82, 2.24) is 31.0 Å². The van der Waals surface area contributed by atoms with Crippen molar-refractivity contribution < 1.29 is 33.4 Å². The van der Waals surface area contributed by atoms with Crippen molar-refractivity contribution in [2.75, 3.05) is 25.0 Å². The molecule has 5 amide bonds. The van der Waals surface area contributed by atoms with Crippen LogP contribution in [0.5, 0.6) is 0 Å². The van der Waals surface area contributed by atoms with Crippen LogP contribution in [0.1, 0.15) is 95.1 Å². The van der Waals surface area contributed by atoms with Crippen LogP contribution < -0.4 is 26.8 Å². The maximum absolute atomic E-state index is 13.9. The van der Waals surface area contributed by atoms with Crippen LogP contribution in [0.2, 0.25) is 0 Å². The average molecular weight is 838 g/mol. The topological polar surface area (TPSA) is 204 Å². The molecule has 15 nitrogen and oxygen atoms in total. The number of ether oxygens (including phenoxy) is 2. The van der Waals surface area contributed by atoms with Crippen LogP contribution in [0.3, 0.4) is 0 Å². The van der Waals surface area contributed by atoms with Gasteiger partial charge in [0.1, 0.15) is 17.2 Å². The minimum absolute atomic E-state index is 0.175. The summed E-state index contributed by atoms with van der Waals surface area (Å²) in [5.74, 6) is -0.873. The van der Waals surface area contributed by atoms with E-state index in [4.69, 9.17) is 9.47 Å². The summed E-state index contributed by atoms with van der Waals surface area (Å²) in [6, 6.07) is 17.2. The molecule has 0 spiro atoms. The molecule has 1 saturated heterocycles. The molecule has 1 aliphatic heterocycles.